The number of hydrogen-bond acceptors (Lipinski definition) is 1. The molecule has 1 nitrogen and oxygen atoms in total. The molecule has 9 heavy (non-hydrogen) atoms. The van der Waals surface area contributed by atoms with Crippen molar-refractivity contribution in [1.82, 2.24) is 0 Å². The third kappa shape index (κ3) is 146. The van der Waals surface area contributed by atoms with Gasteiger partial charge in [0.25, 0.3) is 0 Å². The fraction of sp³-hybridized carbons (Fsp3) is 0. The van der Waals surface area contributed by atoms with Gasteiger partial charge in [0.1, 0.15) is 0 Å². The van der Waals surface area contributed by atoms with E-state index in [9.17, 15) is 0 Å². The minimum Gasteiger partial charge on any atom is -4.00 e. The van der Waals surface area contributed by atoms with Crippen LogP contribution in [0.25, 0.3) is 0 Å². The van der Waals surface area contributed by atoms with Crippen LogP contribution in [-0.4, -0.2) is 79.6 Å². The van der Waals surface area contributed by atoms with Crippen molar-refractivity contribution in [3.8, 4) is 0 Å². The van der Waals surface area contributed by atoms with Gasteiger partial charge in [-0.05, 0) is 0 Å². The smallest absolute Gasteiger partial charge is 3.00 e. The van der Waals surface area contributed by atoms with Gasteiger partial charge in [-0.15, -0.1) is 0 Å². The Balaban J connectivity index is -0.000000000238. The maximum atomic E-state index is 8.28. The Morgan fingerprint density at radius 2 is 0.556 bits per heavy atom. The Morgan fingerprint density at radius 1 is 0.556 bits per heavy atom. The maximum Gasteiger partial charge on any atom is 3.00 e. The zero-order valence-corrected chi connectivity index (χ0v) is 11.0. The summed E-state index contributed by atoms with van der Waals surface area (Å²) in [5.74, 6) is 0. The SMILES string of the molecule is O=[SiH2].[Al+3].[Al+3].[Al+3].[Al+3].[C-4].[C-4].[C-4]. The molecule has 0 aromatic carbocycles. The third-order valence-electron chi connectivity index (χ3n) is 0. The van der Waals surface area contributed by atoms with Crippen LogP contribution in [0.15, 0.2) is 0 Å². The summed E-state index contributed by atoms with van der Waals surface area (Å²) < 4.78 is 8.28. The fourth-order valence-corrected chi connectivity index (χ4v) is 0. The van der Waals surface area contributed by atoms with Gasteiger partial charge >= 0.3 is 69.4 Å². The van der Waals surface area contributed by atoms with Crippen LogP contribution in [0.1, 0.15) is 0 Å². The molecule has 0 aliphatic heterocycles. The summed E-state index contributed by atoms with van der Waals surface area (Å²) in [4.78, 5) is 0. The average Bonchev–Trinajstić information content (AvgIpc) is 1.00. The molecular formula is C3H2Al4OSi. The van der Waals surface area contributed by atoms with E-state index >= 15 is 0 Å². The monoisotopic (exact) mass is 190 g/mol. The number of hydrogen-bond donors (Lipinski definition) is 0. The molecule has 0 aromatic heterocycles. The van der Waals surface area contributed by atoms with E-state index < -0.39 is 0 Å². The summed E-state index contributed by atoms with van der Waals surface area (Å²) in [5, 5.41) is 0. The summed E-state index contributed by atoms with van der Waals surface area (Å²) >= 11 is 0. The molecule has 0 amide bonds. The molecule has 0 fully saturated rings. The molecule has 0 atom stereocenters. The first-order valence-corrected chi connectivity index (χ1v) is 0.866. The topological polar surface area (TPSA) is 17.1 Å². The molecule has 0 unspecified atom stereocenters. The Labute approximate surface area is 105 Å². The molecule has 0 saturated heterocycles. The van der Waals surface area contributed by atoms with Gasteiger partial charge in [0.15, 0.2) is 0 Å². The van der Waals surface area contributed by atoms with Gasteiger partial charge in [0.05, 0.1) is 0 Å². The van der Waals surface area contributed by atoms with E-state index in [-0.39, 0.29) is 91.7 Å². The van der Waals surface area contributed by atoms with Crippen LogP contribution in [0, 0.1) is 22.3 Å². The van der Waals surface area contributed by atoms with Gasteiger partial charge in [0, 0.05) is 0 Å². The van der Waals surface area contributed by atoms with Crippen LogP contribution in [0.5, 0.6) is 0 Å². The van der Waals surface area contributed by atoms with Gasteiger partial charge in [-0.25, -0.2) is 0 Å². The predicted molar refractivity (Wildman–Crippen MR) is 42.0 cm³/mol. The number of rotatable bonds is 0. The minimum absolute atomic E-state index is 0. The van der Waals surface area contributed by atoms with E-state index in [0.29, 0.717) is 10.1 Å². The Hall–Kier alpha value is 2.15. The molecule has 36 valence electrons. The van der Waals surface area contributed by atoms with Gasteiger partial charge < -0.3 is 26.7 Å². The first-order chi connectivity index (χ1) is 1.00. The molecular weight excluding hydrogens is 188 g/mol. The molecule has 0 spiro atoms. The van der Waals surface area contributed by atoms with Gasteiger partial charge in [-0.1, -0.05) is 0 Å². The fourth-order valence-electron chi connectivity index (χ4n) is 0. The molecule has 0 aromatic rings. The second-order valence-electron chi connectivity index (χ2n) is 0. The van der Waals surface area contributed by atoms with Crippen LogP contribution in [0.2, 0.25) is 0 Å². The molecule has 0 heterocycles. The maximum absolute atomic E-state index is 8.28. The quantitative estimate of drug-likeness (QED) is 0.392. The molecule has 0 saturated carbocycles. The molecule has 0 aliphatic rings. The summed E-state index contributed by atoms with van der Waals surface area (Å²) in [7, 11) is 0.611. The van der Waals surface area contributed by atoms with Crippen LogP contribution in [0.3, 0.4) is 0 Å². The van der Waals surface area contributed by atoms with E-state index in [1.54, 1.807) is 0 Å². The summed E-state index contributed by atoms with van der Waals surface area (Å²) in [6.07, 6.45) is 0. The standard InChI is InChI=1S/3C.4Al.H2OSi/c;;;;;;;1-2/h;;;;;;;2H2/q3*-4;4*+3;. The van der Waals surface area contributed by atoms with Crippen LogP contribution < -0.4 is 0 Å². The second kappa shape index (κ2) is 184. The van der Waals surface area contributed by atoms with Gasteiger partial charge in [-0.2, -0.15) is 0 Å². The van der Waals surface area contributed by atoms with E-state index in [1.165, 1.54) is 0 Å². The zero-order valence-electron chi connectivity index (χ0n) is 4.92. The Kier molecular flexibility index (Phi) is 2370. The van der Waals surface area contributed by atoms with Crippen molar-refractivity contribution in [2.24, 2.45) is 0 Å². The third-order valence-corrected chi connectivity index (χ3v) is 0. The molecule has 6 heteroatoms. The largest absolute Gasteiger partial charge is 4.00 e. The van der Waals surface area contributed by atoms with E-state index in [0.717, 1.165) is 0 Å². The van der Waals surface area contributed by atoms with Crippen LogP contribution >= 0.6 is 0 Å². The second-order valence-corrected chi connectivity index (χ2v) is 0. The Morgan fingerprint density at radius 3 is 0.556 bits per heavy atom. The van der Waals surface area contributed by atoms with Crippen molar-refractivity contribution < 1.29 is 4.46 Å². The van der Waals surface area contributed by atoms with Crippen molar-refractivity contribution in [2.45, 2.75) is 0 Å². The summed E-state index contributed by atoms with van der Waals surface area (Å²) in [5.41, 5.74) is 0. The molecule has 0 rings (SSSR count). The van der Waals surface area contributed by atoms with Crippen molar-refractivity contribution in [3.63, 3.8) is 0 Å². The van der Waals surface area contributed by atoms with Crippen molar-refractivity contribution >= 4 is 79.6 Å². The van der Waals surface area contributed by atoms with Crippen LogP contribution in [0.4, 0.5) is 0 Å². The average molecular weight is 190 g/mol. The zero-order chi connectivity index (χ0) is 2.00. The minimum atomic E-state index is 0. The molecule has 0 aliphatic carbocycles. The first-order valence-electron chi connectivity index (χ1n) is 0.289. The summed E-state index contributed by atoms with van der Waals surface area (Å²) in [6.45, 7) is 0. The normalized spacial score (nSPS) is 0.444. The van der Waals surface area contributed by atoms with Crippen molar-refractivity contribution in [1.29, 1.82) is 0 Å². The Bertz CT molecular complexity index is 15.8. The summed E-state index contributed by atoms with van der Waals surface area (Å²) in [6, 6.07) is 0. The van der Waals surface area contributed by atoms with E-state index in [4.69, 9.17) is 4.46 Å². The molecule has 0 radical (unpaired) electrons. The van der Waals surface area contributed by atoms with Crippen molar-refractivity contribution in [3.05, 3.63) is 22.3 Å². The van der Waals surface area contributed by atoms with Crippen LogP contribution in [-0.2, 0) is 4.46 Å². The van der Waals surface area contributed by atoms with Crippen molar-refractivity contribution in [2.75, 3.05) is 0 Å². The predicted octanol–water partition coefficient (Wildman–Crippen LogP) is -2.31. The van der Waals surface area contributed by atoms with E-state index in [1.807, 2.05) is 0 Å². The molecule has 0 bridgehead atoms. The molecule has 0 N–H and O–H groups in total. The van der Waals surface area contributed by atoms with E-state index in [2.05, 4.69) is 0 Å². The van der Waals surface area contributed by atoms with Gasteiger partial charge in [-0.3, -0.25) is 0 Å². The van der Waals surface area contributed by atoms with Gasteiger partial charge in [0.2, 0.25) is 10.1 Å². The first kappa shape index (κ1) is 116.